The summed E-state index contributed by atoms with van der Waals surface area (Å²) < 4.78 is 6.56. The van der Waals surface area contributed by atoms with Gasteiger partial charge >= 0.3 is 5.97 Å². The lowest BCUT2D eigenvalue weighted by Crippen LogP contribution is -2.13. The Kier molecular flexibility index (Phi) is 10.1. The molecule has 1 fully saturated rings. The van der Waals surface area contributed by atoms with E-state index in [1.807, 2.05) is 48.5 Å². The Morgan fingerprint density at radius 3 is 2.39 bits per heavy atom. The number of hydrogen-bond donors (Lipinski definition) is 0. The van der Waals surface area contributed by atoms with Gasteiger partial charge in [-0.3, -0.25) is 0 Å². The molecule has 1 saturated carbocycles. The zero-order valence-electron chi connectivity index (χ0n) is 18.7. The Bertz CT molecular complexity index is 815. The van der Waals surface area contributed by atoms with Crippen LogP contribution in [-0.2, 0) is 6.42 Å². The average molecular weight is 530 g/mol. The molecule has 0 aliphatic heterocycles. The number of carbonyl (C=O) groups excluding carboxylic acids is 1. The van der Waals surface area contributed by atoms with Crippen LogP contribution in [0.2, 0.25) is 0 Å². The van der Waals surface area contributed by atoms with E-state index in [1.54, 1.807) is 0 Å². The SMILES string of the molecule is CCCCCC1CCC(C=CCCc2ccc(C(=O)Oc3ccc(I)cc3)cc2)CC1. The van der Waals surface area contributed by atoms with Gasteiger partial charge in [-0.15, -0.1) is 0 Å². The highest BCUT2D eigenvalue weighted by molar-refractivity contribution is 14.1. The van der Waals surface area contributed by atoms with Crippen molar-refractivity contribution < 1.29 is 9.53 Å². The maximum Gasteiger partial charge on any atom is 0.343 e. The molecule has 166 valence electrons. The number of allylic oxidation sites excluding steroid dienone is 2. The van der Waals surface area contributed by atoms with Crippen LogP contribution >= 0.6 is 22.6 Å². The zero-order chi connectivity index (χ0) is 21.9. The van der Waals surface area contributed by atoms with E-state index in [0.29, 0.717) is 11.3 Å². The van der Waals surface area contributed by atoms with E-state index in [2.05, 4.69) is 41.7 Å². The molecule has 2 aromatic carbocycles. The minimum absolute atomic E-state index is 0.307. The molecule has 1 aliphatic rings. The molecule has 0 bridgehead atoms. The zero-order valence-corrected chi connectivity index (χ0v) is 20.9. The molecule has 0 aromatic heterocycles. The van der Waals surface area contributed by atoms with Crippen molar-refractivity contribution in [2.45, 2.75) is 71.1 Å². The van der Waals surface area contributed by atoms with E-state index in [0.717, 1.165) is 28.2 Å². The molecule has 0 saturated heterocycles. The van der Waals surface area contributed by atoms with Gasteiger partial charge in [0.05, 0.1) is 5.56 Å². The highest BCUT2D eigenvalue weighted by Gasteiger charge is 2.18. The summed E-state index contributed by atoms with van der Waals surface area (Å²) in [5.41, 5.74) is 1.85. The molecule has 2 nitrogen and oxygen atoms in total. The highest BCUT2D eigenvalue weighted by atomic mass is 127. The van der Waals surface area contributed by atoms with Crippen molar-refractivity contribution in [2.24, 2.45) is 11.8 Å². The lowest BCUT2D eigenvalue weighted by atomic mass is 9.79. The second kappa shape index (κ2) is 13.0. The standard InChI is InChI=1S/C28H35IO2/c1-2-3-4-7-22-10-12-23(13-11-22)8-5-6-9-24-14-16-25(17-15-24)28(30)31-27-20-18-26(29)19-21-27/h5,8,14-23H,2-4,6-7,9-13H2,1H3. The van der Waals surface area contributed by atoms with Crippen LogP contribution in [0.4, 0.5) is 0 Å². The summed E-state index contributed by atoms with van der Waals surface area (Å²) in [5, 5.41) is 0. The second-order valence-electron chi connectivity index (χ2n) is 8.78. The van der Waals surface area contributed by atoms with E-state index in [4.69, 9.17) is 4.74 Å². The van der Waals surface area contributed by atoms with E-state index < -0.39 is 0 Å². The molecule has 0 amide bonds. The lowest BCUT2D eigenvalue weighted by molar-refractivity contribution is 0.0734. The third-order valence-corrected chi connectivity index (χ3v) is 7.05. The van der Waals surface area contributed by atoms with E-state index >= 15 is 0 Å². The maximum absolute atomic E-state index is 12.3. The minimum atomic E-state index is -0.307. The van der Waals surface area contributed by atoms with Crippen LogP contribution in [0, 0.1) is 15.4 Å². The number of aryl methyl sites for hydroxylation is 1. The van der Waals surface area contributed by atoms with Crippen molar-refractivity contribution in [1.29, 1.82) is 0 Å². The Morgan fingerprint density at radius 1 is 1.00 bits per heavy atom. The molecular weight excluding hydrogens is 495 g/mol. The van der Waals surface area contributed by atoms with Crippen LogP contribution in [0.25, 0.3) is 0 Å². The Balaban J connectivity index is 1.36. The second-order valence-corrected chi connectivity index (χ2v) is 10.0. The van der Waals surface area contributed by atoms with Gasteiger partial charge in [0, 0.05) is 3.57 Å². The highest BCUT2D eigenvalue weighted by Crippen LogP contribution is 2.32. The fourth-order valence-corrected chi connectivity index (χ4v) is 4.73. The number of halogens is 1. The van der Waals surface area contributed by atoms with Gasteiger partial charge < -0.3 is 4.74 Å². The molecule has 0 radical (unpaired) electrons. The topological polar surface area (TPSA) is 26.3 Å². The Hall–Kier alpha value is -1.62. The Labute approximate surface area is 201 Å². The number of benzene rings is 2. The quantitative estimate of drug-likeness (QED) is 0.101. The summed E-state index contributed by atoms with van der Waals surface area (Å²) in [4.78, 5) is 12.3. The average Bonchev–Trinajstić information content (AvgIpc) is 2.80. The first-order valence-corrected chi connectivity index (χ1v) is 12.9. The molecular formula is C28H35IO2. The van der Waals surface area contributed by atoms with Gasteiger partial charge in [-0.25, -0.2) is 4.79 Å². The van der Waals surface area contributed by atoms with Gasteiger partial charge in [0.25, 0.3) is 0 Å². The third kappa shape index (κ3) is 8.44. The van der Waals surface area contributed by atoms with Crippen molar-refractivity contribution in [3.8, 4) is 5.75 Å². The monoisotopic (exact) mass is 530 g/mol. The first-order valence-electron chi connectivity index (χ1n) is 11.9. The van der Waals surface area contributed by atoms with E-state index in [9.17, 15) is 4.79 Å². The molecule has 0 unspecified atom stereocenters. The molecule has 3 heteroatoms. The fourth-order valence-electron chi connectivity index (χ4n) is 4.37. The first-order chi connectivity index (χ1) is 15.1. The van der Waals surface area contributed by atoms with Crippen LogP contribution in [0.3, 0.4) is 0 Å². The molecule has 31 heavy (non-hydrogen) atoms. The summed E-state index contributed by atoms with van der Waals surface area (Å²) in [5.74, 6) is 2.03. The predicted octanol–water partition coefficient (Wildman–Crippen LogP) is 8.39. The lowest BCUT2D eigenvalue weighted by Gasteiger charge is -2.26. The smallest absolute Gasteiger partial charge is 0.343 e. The van der Waals surface area contributed by atoms with E-state index in [-0.39, 0.29) is 5.97 Å². The minimum Gasteiger partial charge on any atom is -0.423 e. The number of unbranched alkanes of at least 4 members (excludes halogenated alkanes) is 2. The number of carbonyl (C=O) groups is 1. The van der Waals surface area contributed by atoms with E-state index in [1.165, 1.54) is 56.9 Å². The number of hydrogen-bond acceptors (Lipinski definition) is 2. The third-order valence-electron chi connectivity index (χ3n) is 6.33. The van der Waals surface area contributed by atoms with Crippen LogP contribution in [0.15, 0.2) is 60.7 Å². The number of rotatable bonds is 10. The van der Waals surface area contributed by atoms with Crippen LogP contribution in [0.5, 0.6) is 5.75 Å². The fraction of sp³-hybridized carbons (Fsp3) is 0.464. The van der Waals surface area contributed by atoms with Crippen molar-refractivity contribution in [3.63, 3.8) is 0 Å². The molecule has 2 aromatic rings. The molecule has 0 atom stereocenters. The first kappa shape index (κ1) is 24.0. The number of esters is 1. The normalized spacial score (nSPS) is 18.9. The van der Waals surface area contributed by atoms with Gasteiger partial charge in [0.15, 0.2) is 0 Å². The van der Waals surface area contributed by atoms with Gasteiger partial charge in [-0.05, 0) is 115 Å². The van der Waals surface area contributed by atoms with Crippen molar-refractivity contribution in [2.75, 3.05) is 0 Å². The molecule has 0 N–H and O–H groups in total. The van der Waals surface area contributed by atoms with Crippen LogP contribution in [-0.4, -0.2) is 5.97 Å². The summed E-state index contributed by atoms with van der Waals surface area (Å²) in [6.45, 7) is 2.29. The summed E-state index contributed by atoms with van der Waals surface area (Å²) in [6.07, 6.45) is 18.0. The Morgan fingerprint density at radius 2 is 1.71 bits per heavy atom. The predicted molar refractivity (Wildman–Crippen MR) is 138 cm³/mol. The van der Waals surface area contributed by atoms with Gasteiger partial charge in [0.2, 0.25) is 0 Å². The van der Waals surface area contributed by atoms with Crippen molar-refractivity contribution >= 4 is 28.6 Å². The van der Waals surface area contributed by atoms with Gasteiger partial charge in [0.1, 0.15) is 5.75 Å². The van der Waals surface area contributed by atoms with Crippen molar-refractivity contribution in [3.05, 3.63) is 75.4 Å². The van der Waals surface area contributed by atoms with Crippen LogP contribution < -0.4 is 4.74 Å². The maximum atomic E-state index is 12.3. The summed E-state index contributed by atoms with van der Waals surface area (Å²) >= 11 is 2.23. The molecule has 1 aliphatic carbocycles. The molecule has 0 heterocycles. The van der Waals surface area contributed by atoms with Gasteiger partial charge in [-0.2, -0.15) is 0 Å². The molecule has 3 rings (SSSR count). The number of ether oxygens (including phenoxy) is 1. The van der Waals surface area contributed by atoms with Crippen LogP contribution in [0.1, 0.15) is 80.6 Å². The van der Waals surface area contributed by atoms with Gasteiger partial charge in [-0.1, -0.05) is 56.9 Å². The van der Waals surface area contributed by atoms with Crippen molar-refractivity contribution in [1.82, 2.24) is 0 Å². The summed E-state index contributed by atoms with van der Waals surface area (Å²) in [7, 11) is 0. The summed E-state index contributed by atoms with van der Waals surface area (Å²) in [6, 6.07) is 15.3. The molecule has 0 spiro atoms. The largest absolute Gasteiger partial charge is 0.423 e.